The maximum atomic E-state index is 11.0. The SMILES string of the molecule is CC(O)OC[C@@H]1CC[C@H]2OC(=O)CC12. The largest absolute Gasteiger partial charge is 0.462 e. The molecule has 4 atom stereocenters. The molecule has 0 aromatic rings. The van der Waals surface area contributed by atoms with Gasteiger partial charge >= 0.3 is 5.97 Å². The summed E-state index contributed by atoms with van der Waals surface area (Å²) in [5, 5.41) is 8.98. The van der Waals surface area contributed by atoms with Crippen LogP contribution < -0.4 is 0 Å². The van der Waals surface area contributed by atoms with Gasteiger partial charge in [0.05, 0.1) is 13.0 Å². The molecule has 2 fully saturated rings. The summed E-state index contributed by atoms with van der Waals surface area (Å²) < 4.78 is 10.3. The second-order valence-corrected chi connectivity index (χ2v) is 4.17. The fourth-order valence-electron chi connectivity index (χ4n) is 2.43. The number of aliphatic hydroxyl groups is 1. The molecule has 2 rings (SSSR count). The number of hydrogen-bond donors (Lipinski definition) is 1. The summed E-state index contributed by atoms with van der Waals surface area (Å²) in [6.07, 6.45) is 1.91. The van der Waals surface area contributed by atoms with Crippen LogP contribution in [0.4, 0.5) is 0 Å². The Balaban J connectivity index is 1.86. The molecule has 2 unspecified atom stereocenters. The molecule has 0 aromatic carbocycles. The molecule has 4 nitrogen and oxygen atoms in total. The van der Waals surface area contributed by atoms with E-state index >= 15 is 0 Å². The van der Waals surface area contributed by atoms with E-state index in [0.29, 0.717) is 24.9 Å². The first-order chi connectivity index (χ1) is 6.66. The van der Waals surface area contributed by atoms with Crippen LogP contribution in [0.15, 0.2) is 0 Å². The van der Waals surface area contributed by atoms with Crippen molar-refractivity contribution in [3.63, 3.8) is 0 Å². The summed E-state index contributed by atoms with van der Waals surface area (Å²) in [5.74, 6) is 0.615. The van der Waals surface area contributed by atoms with Gasteiger partial charge < -0.3 is 14.6 Å². The highest BCUT2D eigenvalue weighted by molar-refractivity contribution is 5.72. The van der Waals surface area contributed by atoms with Gasteiger partial charge in [0.1, 0.15) is 6.10 Å². The second kappa shape index (κ2) is 3.87. The van der Waals surface area contributed by atoms with E-state index < -0.39 is 6.29 Å². The third-order valence-electron chi connectivity index (χ3n) is 3.14. The van der Waals surface area contributed by atoms with Crippen LogP contribution in [0, 0.1) is 11.8 Å². The molecule has 1 N–H and O–H groups in total. The molecule has 0 amide bonds. The van der Waals surface area contributed by atoms with Crippen molar-refractivity contribution in [2.45, 2.75) is 38.6 Å². The number of carbonyl (C=O) groups is 1. The third kappa shape index (κ3) is 1.91. The van der Waals surface area contributed by atoms with Crippen LogP contribution in [-0.2, 0) is 14.3 Å². The molecule has 14 heavy (non-hydrogen) atoms. The molecule has 0 aromatic heterocycles. The smallest absolute Gasteiger partial charge is 0.306 e. The standard InChI is InChI=1S/C10H16O4/c1-6(11)13-5-7-2-3-9-8(7)4-10(12)14-9/h6-9,11H,2-5H2,1H3/t6?,7-,8?,9+/m0/s1. The van der Waals surface area contributed by atoms with E-state index in [4.69, 9.17) is 14.6 Å². The van der Waals surface area contributed by atoms with Crippen molar-refractivity contribution < 1.29 is 19.4 Å². The van der Waals surface area contributed by atoms with Crippen molar-refractivity contribution in [2.75, 3.05) is 6.61 Å². The van der Waals surface area contributed by atoms with Gasteiger partial charge in [0.25, 0.3) is 0 Å². The number of carbonyl (C=O) groups excluding carboxylic acids is 1. The van der Waals surface area contributed by atoms with Crippen molar-refractivity contribution in [3.8, 4) is 0 Å². The Labute approximate surface area is 83.2 Å². The molecular formula is C10H16O4. The molecule has 1 saturated carbocycles. The highest BCUT2D eigenvalue weighted by Gasteiger charge is 2.44. The molecule has 80 valence electrons. The van der Waals surface area contributed by atoms with Gasteiger partial charge in [-0.1, -0.05) is 0 Å². The summed E-state index contributed by atoms with van der Waals surface area (Å²) in [5.41, 5.74) is 0. The zero-order valence-electron chi connectivity index (χ0n) is 8.31. The molecule has 2 aliphatic rings. The highest BCUT2D eigenvalue weighted by Crippen LogP contribution is 2.41. The number of fused-ring (bicyclic) bond motifs is 1. The lowest BCUT2D eigenvalue weighted by Crippen LogP contribution is -2.21. The predicted octanol–water partition coefficient (Wildman–Crippen LogP) is 0.683. The molecule has 4 heteroatoms. The van der Waals surface area contributed by atoms with Gasteiger partial charge in [0.15, 0.2) is 6.29 Å². The summed E-state index contributed by atoms with van der Waals surface area (Å²) in [7, 11) is 0. The summed E-state index contributed by atoms with van der Waals surface area (Å²) in [6, 6.07) is 0. The van der Waals surface area contributed by atoms with Crippen molar-refractivity contribution in [1.82, 2.24) is 0 Å². The van der Waals surface area contributed by atoms with Crippen LogP contribution in [0.3, 0.4) is 0 Å². The minimum Gasteiger partial charge on any atom is -0.462 e. The predicted molar refractivity (Wildman–Crippen MR) is 48.3 cm³/mol. The number of esters is 1. The van der Waals surface area contributed by atoms with E-state index in [1.807, 2.05) is 0 Å². The quantitative estimate of drug-likeness (QED) is 0.537. The Bertz CT molecular complexity index is 226. The van der Waals surface area contributed by atoms with E-state index in [2.05, 4.69) is 0 Å². The maximum Gasteiger partial charge on any atom is 0.306 e. The first-order valence-electron chi connectivity index (χ1n) is 5.16. The zero-order chi connectivity index (χ0) is 10.1. The van der Waals surface area contributed by atoms with Crippen LogP contribution in [-0.4, -0.2) is 30.1 Å². The van der Waals surface area contributed by atoms with Gasteiger partial charge in [-0.25, -0.2) is 0 Å². The lowest BCUT2D eigenvalue weighted by molar-refractivity contribution is -0.141. The Morgan fingerprint density at radius 2 is 2.43 bits per heavy atom. The van der Waals surface area contributed by atoms with Crippen LogP contribution >= 0.6 is 0 Å². The Morgan fingerprint density at radius 1 is 1.64 bits per heavy atom. The van der Waals surface area contributed by atoms with Gasteiger partial charge in [0.2, 0.25) is 0 Å². The summed E-state index contributed by atoms with van der Waals surface area (Å²) in [6.45, 7) is 2.14. The number of ether oxygens (including phenoxy) is 2. The Morgan fingerprint density at radius 3 is 3.14 bits per heavy atom. The van der Waals surface area contributed by atoms with E-state index in [1.165, 1.54) is 0 Å². The molecule has 1 aliphatic heterocycles. The second-order valence-electron chi connectivity index (χ2n) is 4.17. The first kappa shape index (κ1) is 9.93. The van der Waals surface area contributed by atoms with Crippen molar-refractivity contribution in [3.05, 3.63) is 0 Å². The van der Waals surface area contributed by atoms with Crippen LogP contribution in [0.1, 0.15) is 26.2 Å². The minimum atomic E-state index is -0.716. The van der Waals surface area contributed by atoms with Gasteiger partial charge in [-0.3, -0.25) is 4.79 Å². The van der Waals surface area contributed by atoms with Crippen LogP contribution in [0.2, 0.25) is 0 Å². The average Bonchev–Trinajstić information content (AvgIpc) is 2.60. The third-order valence-corrected chi connectivity index (χ3v) is 3.14. The molecule has 1 saturated heterocycles. The fourth-order valence-corrected chi connectivity index (χ4v) is 2.43. The topological polar surface area (TPSA) is 55.8 Å². The number of hydrogen-bond acceptors (Lipinski definition) is 4. The van der Waals surface area contributed by atoms with E-state index in [9.17, 15) is 4.79 Å². The maximum absolute atomic E-state index is 11.0. The first-order valence-corrected chi connectivity index (χ1v) is 5.16. The molecule has 1 aliphatic carbocycles. The molecule has 0 radical (unpaired) electrons. The molecule has 1 heterocycles. The lowest BCUT2D eigenvalue weighted by Gasteiger charge is -2.17. The lowest BCUT2D eigenvalue weighted by atomic mass is 9.94. The van der Waals surface area contributed by atoms with E-state index in [0.717, 1.165) is 12.8 Å². The molecule has 0 bridgehead atoms. The van der Waals surface area contributed by atoms with Crippen molar-refractivity contribution >= 4 is 5.97 Å². The molecule has 0 spiro atoms. The minimum absolute atomic E-state index is 0.0817. The zero-order valence-corrected chi connectivity index (χ0v) is 8.31. The van der Waals surface area contributed by atoms with Crippen LogP contribution in [0.25, 0.3) is 0 Å². The Kier molecular flexibility index (Phi) is 2.74. The molecular weight excluding hydrogens is 184 g/mol. The number of rotatable bonds is 3. The monoisotopic (exact) mass is 200 g/mol. The normalized spacial score (nSPS) is 38.1. The van der Waals surface area contributed by atoms with Gasteiger partial charge in [-0.2, -0.15) is 0 Å². The van der Waals surface area contributed by atoms with Gasteiger partial charge in [0, 0.05) is 5.92 Å². The van der Waals surface area contributed by atoms with Crippen molar-refractivity contribution in [1.29, 1.82) is 0 Å². The average molecular weight is 200 g/mol. The van der Waals surface area contributed by atoms with Crippen molar-refractivity contribution in [2.24, 2.45) is 11.8 Å². The summed E-state index contributed by atoms with van der Waals surface area (Å²) in [4.78, 5) is 11.0. The summed E-state index contributed by atoms with van der Waals surface area (Å²) >= 11 is 0. The Hall–Kier alpha value is -0.610. The van der Waals surface area contributed by atoms with Crippen LogP contribution in [0.5, 0.6) is 0 Å². The van der Waals surface area contributed by atoms with E-state index in [-0.39, 0.29) is 12.1 Å². The van der Waals surface area contributed by atoms with E-state index in [1.54, 1.807) is 6.92 Å². The highest BCUT2D eigenvalue weighted by atomic mass is 16.6. The number of aliphatic hydroxyl groups excluding tert-OH is 1. The van der Waals surface area contributed by atoms with Gasteiger partial charge in [-0.05, 0) is 25.7 Å². The van der Waals surface area contributed by atoms with Gasteiger partial charge in [-0.15, -0.1) is 0 Å². The fraction of sp³-hybridized carbons (Fsp3) is 0.900.